The van der Waals surface area contributed by atoms with Gasteiger partial charge in [0.05, 0.1) is 4.92 Å². The van der Waals surface area contributed by atoms with Crippen LogP contribution in [0.3, 0.4) is 0 Å². The molecule has 0 fully saturated rings. The molecule has 0 spiro atoms. The van der Waals surface area contributed by atoms with Crippen molar-refractivity contribution in [3.8, 4) is 6.07 Å². The largest absolute Gasteiger partial charge is 0.396 e. The normalized spacial score (nSPS) is 11.6. The molecule has 0 amide bonds. The number of hydrogen-bond acceptors (Lipinski definition) is 5. The molecule has 0 aliphatic carbocycles. The molecule has 0 radical (unpaired) electrons. The summed E-state index contributed by atoms with van der Waals surface area (Å²) >= 11 is 0. The van der Waals surface area contributed by atoms with E-state index in [4.69, 9.17) is 10.4 Å². The van der Waals surface area contributed by atoms with Crippen LogP contribution in [-0.4, -0.2) is 23.2 Å². The maximum absolute atomic E-state index is 10.8. The monoisotopic (exact) mass is 263 g/mol. The summed E-state index contributed by atoms with van der Waals surface area (Å²) in [7, 11) is 0. The van der Waals surface area contributed by atoms with Gasteiger partial charge in [-0.25, -0.2) is 0 Å². The predicted octanol–water partition coefficient (Wildman–Crippen LogP) is 2.29. The highest BCUT2D eigenvalue weighted by Gasteiger charge is 2.13. The number of nitrogens with zero attached hydrogens (tertiary/aromatic N) is 2. The van der Waals surface area contributed by atoms with E-state index < -0.39 is 4.92 Å². The minimum Gasteiger partial charge on any atom is -0.396 e. The molecule has 1 atom stereocenters. The van der Waals surface area contributed by atoms with E-state index in [-0.39, 0.29) is 23.8 Å². The number of nitro groups is 1. The van der Waals surface area contributed by atoms with Gasteiger partial charge in [-0.2, -0.15) is 5.26 Å². The molecule has 102 valence electrons. The fraction of sp³-hybridized carbons (Fsp3) is 0.462. The van der Waals surface area contributed by atoms with Crippen LogP contribution in [0, 0.1) is 27.4 Å². The zero-order valence-corrected chi connectivity index (χ0v) is 10.8. The van der Waals surface area contributed by atoms with Crippen LogP contribution in [0.15, 0.2) is 18.2 Å². The van der Waals surface area contributed by atoms with Crippen molar-refractivity contribution < 1.29 is 10.0 Å². The van der Waals surface area contributed by atoms with Crippen LogP contribution in [-0.2, 0) is 0 Å². The summed E-state index contributed by atoms with van der Waals surface area (Å²) < 4.78 is 0. The van der Waals surface area contributed by atoms with Gasteiger partial charge in [-0.15, -0.1) is 0 Å². The van der Waals surface area contributed by atoms with Crippen molar-refractivity contribution in [2.24, 2.45) is 5.92 Å². The summed E-state index contributed by atoms with van der Waals surface area (Å²) in [6.45, 7) is 2.81. The minimum absolute atomic E-state index is 0.0597. The Balaban J connectivity index is 2.58. The molecule has 1 rings (SSSR count). The van der Waals surface area contributed by atoms with Crippen molar-refractivity contribution in [3.05, 3.63) is 33.9 Å². The Morgan fingerprint density at radius 3 is 2.89 bits per heavy atom. The maximum atomic E-state index is 10.8. The Bertz CT molecular complexity index is 483. The lowest BCUT2D eigenvalue weighted by Gasteiger charge is -2.09. The smallest absolute Gasteiger partial charge is 0.289 e. The van der Waals surface area contributed by atoms with Gasteiger partial charge in [-0.05, 0) is 30.9 Å². The molecule has 1 aromatic rings. The zero-order valence-electron chi connectivity index (χ0n) is 10.8. The van der Waals surface area contributed by atoms with Gasteiger partial charge in [0, 0.05) is 24.9 Å². The SMILES string of the molecule is CC(CO)CCCNc1ccc(C#N)c([N+](=O)[O-])c1. The van der Waals surface area contributed by atoms with Gasteiger partial charge in [-0.3, -0.25) is 10.1 Å². The summed E-state index contributed by atoms with van der Waals surface area (Å²) in [5.74, 6) is 0.261. The first-order valence-corrected chi connectivity index (χ1v) is 6.11. The minimum atomic E-state index is -0.558. The van der Waals surface area contributed by atoms with Gasteiger partial charge >= 0.3 is 0 Å². The first-order chi connectivity index (χ1) is 9.08. The standard InChI is InChI=1S/C13H17N3O3/c1-10(9-17)3-2-6-15-12-5-4-11(8-14)13(7-12)16(18)19/h4-5,7,10,15,17H,2-3,6,9H2,1H3. The fourth-order valence-corrected chi connectivity index (χ4v) is 1.66. The molecule has 6 nitrogen and oxygen atoms in total. The van der Waals surface area contributed by atoms with Crippen LogP contribution in [0.1, 0.15) is 25.3 Å². The number of aliphatic hydroxyl groups excluding tert-OH is 1. The number of nitriles is 1. The molecule has 19 heavy (non-hydrogen) atoms. The van der Waals surface area contributed by atoms with Crippen molar-refractivity contribution in [3.63, 3.8) is 0 Å². The zero-order chi connectivity index (χ0) is 14.3. The average Bonchev–Trinajstić information content (AvgIpc) is 2.42. The summed E-state index contributed by atoms with van der Waals surface area (Å²) in [4.78, 5) is 10.2. The van der Waals surface area contributed by atoms with E-state index in [1.54, 1.807) is 12.1 Å². The third kappa shape index (κ3) is 4.56. The molecule has 0 saturated carbocycles. The highest BCUT2D eigenvalue weighted by Crippen LogP contribution is 2.22. The average molecular weight is 263 g/mol. The fourth-order valence-electron chi connectivity index (χ4n) is 1.66. The number of rotatable bonds is 7. The first kappa shape index (κ1) is 14.9. The second-order valence-electron chi connectivity index (χ2n) is 4.46. The van der Waals surface area contributed by atoms with E-state index >= 15 is 0 Å². The molecule has 0 heterocycles. The lowest BCUT2D eigenvalue weighted by atomic mass is 10.1. The number of nitrogens with one attached hydrogen (secondary N) is 1. The van der Waals surface area contributed by atoms with Crippen LogP contribution >= 0.6 is 0 Å². The highest BCUT2D eigenvalue weighted by atomic mass is 16.6. The lowest BCUT2D eigenvalue weighted by molar-refractivity contribution is -0.385. The molecule has 6 heteroatoms. The summed E-state index contributed by atoms with van der Waals surface area (Å²) in [6.07, 6.45) is 1.76. The van der Waals surface area contributed by atoms with E-state index in [0.717, 1.165) is 12.8 Å². The van der Waals surface area contributed by atoms with Gasteiger partial charge in [0.15, 0.2) is 0 Å². The topological polar surface area (TPSA) is 99.2 Å². The summed E-state index contributed by atoms with van der Waals surface area (Å²) in [5, 5.41) is 31.5. The van der Waals surface area contributed by atoms with Crippen molar-refractivity contribution in [2.75, 3.05) is 18.5 Å². The number of hydrogen-bond donors (Lipinski definition) is 2. The molecular weight excluding hydrogens is 246 g/mol. The van der Waals surface area contributed by atoms with E-state index in [1.807, 2.05) is 6.92 Å². The van der Waals surface area contributed by atoms with Crippen molar-refractivity contribution >= 4 is 11.4 Å². The second kappa shape index (κ2) is 7.34. The van der Waals surface area contributed by atoms with E-state index in [9.17, 15) is 10.1 Å². The molecule has 1 unspecified atom stereocenters. The van der Waals surface area contributed by atoms with E-state index in [2.05, 4.69) is 5.32 Å². The van der Waals surface area contributed by atoms with Crippen molar-refractivity contribution in [1.82, 2.24) is 0 Å². The third-order valence-corrected chi connectivity index (χ3v) is 2.83. The van der Waals surface area contributed by atoms with E-state index in [1.165, 1.54) is 12.1 Å². The number of nitro benzene ring substituents is 1. The highest BCUT2D eigenvalue weighted by molar-refractivity contribution is 5.59. The number of benzene rings is 1. The van der Waals surface area contributed by atoms with E-state index in [0.29, 0.717) is 12.2 Å². The van der Waals surface area contributed by atoms with Crippen LogP contribution in [0.25, 0.3) is 0 Å². The van der Waals surface area contributed by atoms with Crippen LogP contribution in [0.4, 0.5) is 11.4 Å². The summed E-state index contributed by atoms with van der Waals surface area (Å²) in [5.41, 5.74) is 0.503. The summed E-state index contributed by atoms with van der Waals surface area (Å²) in [6, 6.07) is 6.26. The molecule has 0 bridgehead atoms. The van der Waals surface area contributed by atoms with Crippen molar-refractivity contribution in [1.29, 1.82) is 5.26 Å². The van der Waals surface area contributed by atoms with Crippen LogP contribution < -0.4 is 5.32 Å². The Morgan fingerprint density at radius 1 is 1.58 bits per heavy atom. The van der Waals surface area contributed by atoms with Gasteiger partial charge in [0.25, 0.3) is 5.69 Å². The van der Waals surface area contributed by atoms with Crippen LogP contribution in [0.2, 0.25) is 0 Å². The Hall–Kier alpha value is -2.13. The molecule has 0 aliphatic rings. The molecule has 0 saturated heterocycles. The first-order valence-electron chi connectivity index (χ1n) is 6.11. The van der Waals surface area contributed by atoms with Crippen LogP contribution in [0.5, 0.6) is 0 Å². The second-order valence-corrected chi connectivity index (χ2v) is 4.46. The molecule has 0 aliphatic heterocycles. The molecular formula is C13H17N3O3. The maximum Gasteiger partial charge on any atom is 0.289 e. The molecule has 2 N–H and O–H groups in total. The number of anilines is 1. The molecule has 1 aromatic carbocycles. The van der Waals surface area contributed by atoms with Gasteiger partial charge in [0.1, 0.15) is 11.6 Å². The quantitative estimate of drug-likeness (QED) is 0.446. The van der Waals surface area contributed by atoms with Crippen molar-refractivity contribution in [2.45, 2.75) is 19.8 Å². The Kier molecular flexibility index (Phi) is 5.76. The van der Waals surface area contributed by atoms with Gasteiger partial charge in [-0.1, -0.05) is 6.92 Å². The Morgan fingerprint density at radius 2 is 2.32 bits per heavy atom. The third-order valence-electron chi connectivity index (χ3n) is 2.83. The Labute approximate surface area is 111 Å². The predicted molar refractivity (Wildman–Crippen MR) is 71.8 cm³/mol. The van der Waals surface area contributed by atoms with Gasteiger partial charge in [0.2, 0.25) is 0 Å². The molecule has 0 aromatic heterocycles. The number of aliphatic hydroxyl groups is 1. The lowest BCUT2D eigenvalue weighted by Crippen LogP contribution is -2.06. The van der Waals surface area contributed by atoms with Gasteiger partial charge < -0.3 is 10.4 Å².